The minimum absolute atomic E-state index is 0.133. The van der Waals surface area contributed by atoms with Crippen molar-refractivity contribution in [2.45, 2.75) is 64.3 Å². The number of ether oxygens (including phenoxy) is 3. The second kappa shape index (κ2) is 4.23. The van der Waals surface area contributed by atoms with E-state index in [9.17, 15) is 9.90 Å². The lowest BCUT2D eigenvalue weighted by Crippen LogP contribution is -2.52. The Kier molecular flexibility index (Phi) is 3.18. The third-order valence-electron chi connectivity index (χ3n) is 3.36. The van der Waals surface area contributed by atoms with Crippen molar-refractivity contribution in [3.63, 3.8) is 0 Å². The van der Waals surface area contributed by atoms with Crippen LogP contribution in [0.25, 0.3) is 0 Å². The summed E-state index contributed by atoms with van der Waals surface area (Å²) in [7, 11) is 0. The molecule has 2 aliphatic rings. The molecule has 5 atom stereocenters. The second-order valence-corrected chi connectivity index (χ2v) is 5.42. The lowest BCUT2D eigenvalue weighted by atomic mass is 9.82. The molecule has 5 heteroatoms. The molecule has 0 bridgehead atoms. The van der Waals surface area contributed by atoms with Crippen molar-refractivity contribution in [2.24, 2.45) is 5.92 Å². The summed E-state index contributed by atoms with van der Waals surface area (Å²) in [5, 5.41) is 10.2. The van der Waals surface area contributed by atoms with Crippen LogP contribution >= 0.6 is 0 Å². The van der Waals surface area contributed by atoms with Crippen LogP contribution in [0.2, 0.25) is 0 Å². The molecule has 1 aliphatic heterocycles. The highest BCUT2D eigenvalue weighted by atomic mass is 16.8. The lowest BCUT2D eigenvalue weighted by Gasteiger charge is -2.37. The molecular weight excluding hydrogens is 224 g/mol. The molecule has 2 rings (SSSR count). The Morgan fingerprint density at radius 2 is 1.94 bits per heavy atom. The van der Waals surface area contributed by atoms with Gasteiger partial charge in [0.15, 0.2) is 5.79 Å². The molecule has 98 valence electrons. The zero-order chi connectivity index (χ0) is 12.8. The van der Waals surface area contributed by atoms with E-state index in [0.29, 0.717) is 6.42 Å². The lowest BCUT2D eigenvalue weighted by molar-refractivity contribution is -0.173. The average Bonchev–Trinajstić information content (AvgIpc) is 2.50. The van der Waals surface area contributed by atoms with E-state index in [-0.39, 0.29) is 18.0 Å². The molecule has 1 heterocycles. The fraction of sp³-hybridized carbons (Fsp3) is 0.917. The highest BCUT2D eigenvalue weighted by Gasteiger charge is 2.53. The van der Waals surface area contributed by atoms with Gasteiger partial charge in [-0.25, -0.2) is 0 Å². The van der Waals surface area contributed by atoms with Gasteiger partial charge < -0.3 is 19.3 Å². The van der Waals surface area contributed by atoms with Crippen molar-refractivity contribution in [1.29, 1.82) is 0 Å². The molecule has 0 aromatic heterocycles. The topological polar surface area (TPSA) is 65.0 Å². The molecule has 1 saturated carbocycles. The zero-order valence-electron chi connectivity index (χ0n) is 10.7. The van der Waals surface area contributed by atoms with E-state index in [1.807, 2.05) is 20.8 Å². The quantitative estimate of drug-likeness (QED) is 0.692. The first-order valence-corrected chi connectivity index (χ1v) is 6.01. The number of esters is 1. The number of rotatable bonds is 1. The van der Waals surface area contributed by atoms with Gasteiger partial charge in [-0.1, -0.05) is 6.92 Å². The molecule has 0 aromatic carbocycles. The summed E-state index contributed by atoms with van der Waals surface area (Å²) in [6.07, 6.45) is -1.27. The Labute approximate surface area is 101 Å². The Morgan fingerprint density at radius 3 is 2.53 bits per heavy atom. The predicted octanol–water partition coefficient (Wildman–Crippen LogP) is 0.839. The molecule has 0 radical (unpaired) electrons. The van der Waals surface area contributed by atoms with Gasteiger partial charge in [0.25, 0.3) is 0 Å². The summed E-state index contributed by atoms with van der Waals surface area (Å²) in [5.74, 6) is -0.872. The van der Waals surface area contributed by atoms with Crippen molar-refractivity contribution < 1.29 is 24.1 Å². The van der Waals surface area contributed by atoms with E-state index in [0.717, 1.165) is 0 Å². The fourth-order valence-electron chi connectivity index (χ4n) is 2.70. The molecule has 0 unspecified atom stereocenters. The van der Waals surface area contributed by atoms with Crippen LogP contribution in [0.4, 0.5) is 0 Å². The van der Waals surface area contributed by atoms with Crippen molar-refractivity contribution in [2.75, 3.05) is 0 Å². The number of aliphatic hydroxyl groups excluding tert-OH is 1. The van der Waals surface area contributed by atoms with E-state index >= 15 is 0 Å². The molecule has 2 fully saturated rings. The Morgan fingerprint density at radius 1 is 1.35 bits per heavy atom. The third-order valence-corrected chi connectivity index (χ3v) is 3.36. The number of hydrogen-bond acceptors (Lipinski definition) is 5. The number of hydrogen-bond donors (Lipinski definition) is 1. The highest BCUT2D eigenvalue weighted by molar-refractivity contribution is 5.66. The Bertz CT molecular complexity index is 314. The maximum Gasteiger partial charge on any atom is 0.302 e. The van der Waals surface area contributed by atoms with Crippen molar-refractivity contribution in [3.05, 3.63) is 0 Å². The maximum atomic E-state index is 11.0. The number of fused-ring (bicyclic) bond motifs is 1. The minimum Gasteiger partial charge on any atom is -0.460 e. The molecule has 1 N–H and O–H groups in total. The number of carbonyl (C=O) groups excluding carboxylic acids is 1. The van der Waals surface area contributed by atoms with Gasteiger partial charge in [0.1, 0.15) is 18.3 Å². The van der Waals surface area contributed by atoms with Crippen LogP contribution in [0.1, 0.15) is 34.1 Å². The summed E-state index contributed by atoms with van der Waals surface area (Å²) in [4.78, 5) is 11.0. The van der Waals surface area contributed by atoms with Crippen LogP contribution in [0.15, 0.2) is 0 Å². The fourth-order valence-corrected chi connectivity index (χ4v) is 2.70. The van der Waals surface area contributed by atoms with E-state index in [4.69, 9.17) is 14.2 Å². The molecule has 1 saturated heterocycles. The third kappa shape index (κ3) is 2.46. The van der Waals surface area contributed by atoms with E-state index in [2.05, 4.69) is 0 Å². The highest BCUT2D eigenvalue weighted by Crippen LogP contribution is 2.40. The van der Waals surface area contributed by atoms with E-state index in [1.165, 1.54) is 6.92 Å². The molecule has 0 aromatic rings. The normalized spacial score (nSPS) is 44.2. The molecule has 0 amide bonds. The molecule has 0 spiro atoms. The number of aliphatic hydroxyl groups is 1. The predicted molar refractivity (Wildman–Crippen MR) is 59.2 cm³/mol. The van der Waals surface area contributed by atoms with E-state index < -0.39 is 24.1 Å². The van der Waals surface area contributed by atoms with Crippen molar-refractivity contribution in [1.82, 2.24) is 0 Å². The smallest absolute Gasteiger partial charge is 0.302 e. The first kappa shape index (κ1) is 12.8. The summed E-state index contributed by atoms with van der Waals surface area (Å²) in [6.45, 7) is 7.02. The van der Waals surface area contributed by atoms with Crippen LogP contribution in [-0.4, -0.2) is 41.3 Å². The molecule has 1 aliphatic carbocycles. The van der Waals surface area contributed by atoms with Crippen LogP contribution in [0.3, 0.4) is 0 Å². The van der Waals surface area contributed by atoms with Gasteiger partial charge in [-0.05, 0) is 26.2 Å². The molecule has 5 nitrogen and oxygen atoms in total. The largest absolute Gasteiger partial charge is 0.460 e. The van der Waals surface area contributed by atoms with Crippen molar-refractivity contribution in [3.8, 4) is 0 Å². The van der Waals surface area contributed by atoms with Gasteiger partial charge >= 0.3 is 5.97 Å². The monoisotopic (exact) mass is 244 g/mol. The van der Waals surface area contributed by atoms with Crippen LogP contribution in [0, 0.1) is 5.92 Å². The van der Waals surface area contributed by atoms with Gasteiger partial charge in [-0.2, -0.15) is 0 Å². The van der Waals surface area contributed by atoms with Crippen LogP contribution in [-0.2, 0) is 19.0 Å². The van der Waals surface area contributed by atoms with Gasteiger partial charge in [0.2, 0.25) is 0 Å². The molecular formula is C12H20O5. The summed E-state index contributed by atoms with van der Waals surface area (Å²) < 4.78 is 16.6. The first-order chi connectivity index (χ1) is 7.80. The Balaban J connectivity index is 2.12. The summed E-state index contributed by atoms with van der Waals surface area (Å²) >= 11 is 0. The SMILES string of the molecule is CC(=O)O[C@H]1C[C@@H](C)[C@H]2OC(C)(C)O[C@H]2[C@@H]1O. The van der Waals surface area contributed by atoms with Gasteiger partial charge in [0.05, 0.1) is 6.10 Å². The first-order valence-electron chi connectivity index (χ1n) is 6.01. The van der Waals surface area contributed by atoms with Crippen LogP contribution in [0.5, 0.6) is 0 Å². The summed E-state index contributed by atoms with van der Waals surface area (Å²) in [6, 6.07) is 0. The zero-order valence-corrected chi connectivity index (χ0v) is 10.7. The van der Waals surface area contributed by atoms with Crippen molar-refractivity contribution >= 4 is 5.97 Å². The van der Waals surface area contributed by atoms with Gasteiger partial charge in [-0.3, -0.25) is 4.79 Å². The summed E-state index contributed by atoms with van der Waals surface area (Å²) in [5.41, 5.74) is 0. The van der Waals surface area contributed by atoms with Gasteiger partial charge in [0, 0.05) is 6.92 Å². The minimum atomic E-state index is -0.818. The van der Waals surface area contributed by atoms with E-state index in [1.54, 1.807) is 0 Å². The second-order valence-electron chi connectivity index (χ2n) is 5.42. The Hall–Kier alpha value is -0.650. The standard InChI is InChI=1S/C12H20O5/c1-6-5-8(15-7(2)13)9(14)11-10(6)16-12(3,4)17-11/h6,8-11,14H,5H2,1-4H3/t6-,8+,9-,10-,11+/m1/s1. The van der Waals surface area contributed by atoms with Gasteiger partial charge in [-0.15, -0.1) is 0 Å². The number of carbonyl (C=O) groups is 1. The maximum absolute atomic E-state index is 11.0. The van der Waals surface area contributed by atoms with Crippen LogP contribution < -0.4 is 0 Å². The molecule has 17 heavy (non-hydrogen) atoms. The average molecular weight is 244 g/mol.